The van der Waals surface area contributed by atoms with E-state index >= 15 is 0 Å². The number of aromatic nitrogens is 1. The Labute approximate surface area is 117 Å². The number of halogens is 8. The smallest absolute Gasteiger partial charge is 0.403 e. The largest absolute Gasteiger partial charge is 0.573 e. The number of hydrogen-bond acceptors (Lipinski definition) is 3. The topological polar surface area (TPSA) is 39.2 Å². The Morgan fingerprint density at radius 1 is 1.25 bits per heavy atom. The highest BCUT2D eigenvalue weighted by Gasteiger charge is 2.43. The van der Waals surface area contributed by atoms with Gasteiger partial charge < -0.3 is 4.74 Å². The number of ether oxygens (including phenoxy) is 1. The normalized spacial score (nSPS) is 12.4. The van der Waals surface area contributed by atoms with Crippen molar-refractivity contribution in [2.75, 3.05) is 0 Å². The monoisotopic (exact) mass is 341 g/mol. The molecule has 1 aromatic rings. The Morgan fingerprint density at radius 2 is 1.80 bits per heavy atom. The molecule has 1 heterocycles. The maximum absolute atomic E-state index is 12.8. The first-order valence-electron chi connectivity index (χ1n) is 4.58. The molecule has 0 saturated carbocycles. The van der Waals surface area contributed by atoms with Gasteiger partial charge >= 0.3 is 12.5 Å². The minimum Gasteiger partial charge on any atom is -0.403 e. The summed E-state index contributed by atoms with van der Waals surface area (Å²) < 4.78 is 78.3. The lowest BCUT2D eigenvalue weighted by atomic mass is 10.1. The second kappa shape index (κ2) is 5.65. The van der Waals surface area contributed by atoms with Gasteiger partial charge in [0.25, 0.3) is 5.24 Å². The Morgan fingerprint density at radius 3 is 2.15 bits per heavy atom. The summed E-state index contributed by atoms with van der Waals surface area (Å²) in [6.07, 6.45) is -10.2. The molecule has 0 N–H and O–H groups in total. The zero-order valence-electron chi connectivity index (χ0n) is 9.07. The Hall–Kier alpha value is -1.22. The average molecular weight is 342 g/mol. The molecule has 0 aromatic carbocycles. The molecule has 20 heavy (non-hydrogen) atoms. The lowest BCUT2D eigenvalue weighted by molar-refractivity contribution is -0.276. The first-order chi connectivity index (χ1) is 8.97. The van der Waals surface area contributed by atoms with Crippen LogP contribution < -0.4 is 4.74 Å². The zero-order chi connectivity index (χ0) is 15.7. The van der Waals surface area contributed by atoms with Gasteiger partial charge in [0, 0.05) is 17.6 Å². The SMILES string of the molecule is O=C(Cl)c1ncc(CCl)c(C(F)(F)F)c1OC(F)(F)F. The van der Waals surface area contributed by atoms with E-state index in [9.17, 15) is 31.1 Å². The number of hydrogen-bond donors (Lipinski definition) is 0. The van der Waals surface area contributed by atoms with Crippen molar-refractivity contribution >= 4 is 28.4 Å². The van der Waals surface area contributed by atoms with Crippen LogP contribution in [0.4, 0.5) is 26.3 Å². The highest BCUT2D eigenvalue weighted by molar-refractivity contribution is 6.67. The number of pyridine rings is 1. The van der Waals surface area contributed by atoms with E-state index in [1.165, 1.54) is 0 Å². The maximum atomic E-state index is 12.8. The summed E-state index contributed by atoms with van der Waals surface area (Å²) in [5.74, 6) is -2.60. The van der Waals surface area contributed by atoms with Crippen molar-refractivity contribution in [3.8, 4) is 5.75 Å². The summed E-state index contributed by atoms with van der Waals surface area (Å²) in [5, 5.41) is -1.63. The van der Waals surface area contributed by atoms with E-state index in [1.807, 2.05) is 0 Å². The fraction of sp³-hybridized carbons (Fsp3) is 0.333. The molecule has 0 amide bonds. The molecule has 0 aliphatic carbocycles. The first kappa shape index (κ1) is 16.8. The van der Waals surface area contributed by atoms with Crippen molar-refractivity contribution < 1.29 is 35.9 Å². The molecule has 0 saturated heterocycles. The molecule has 0 bridgehead atoms. The van der Waals surface area contributed by atoms with Crippen LogP contribution in [0.5, 0.6) is 5.75 Å². The van der Waals surface area contributed by atoms with Gasteiger partial charge in [0.1, 0.15) is 5.56 Å². The Balaban J connectivity index is 3.65. The summed E-state index contributed by atoms with van der Waals surface area (Å²) in [7, 11) is 0. The van der Waals surface area contributed by atoms with Crippen LogP contribution in [0.2, 0.25) is 0 Å². The number of nitrogens with zero attached hydrogens (tertiary/aromatic N) is 1. The molecular formula is C9H3Cl2F6NO2. The summed E-state index contributed by atoms with van der Waals surface area (Å²) in [5.41, 5.74) is -3.92. The predicted octanol–water partition coefficient (Wildman–Crippen LogP) is 4.12. The Kier molecular flexibility index (Phi) is 4.75. The van der Waals surface area contributed by atoms with Crippen molar-refractivity contribution in [1.82, 2.24) is 4.98 Å². The molecule has 11 heteroatoms. The van der Waals surface area contributed by atoms with E-state index in [0.29, 0.717) is 6.20 Å². The van der Waals surface area contributed by atoms with Gasteiger partial charge in [-0.2, -0.15) is 13.2 Å². The summed E-state index contributed by atoms with van der Waals surface area (Å²) >= 11 is 10.1. The van der Waals surface area contributed by atoms with E-state index < -0.39 is 46.2 Å². The van der Waals surface area contributed by atoms with E-state index in [1.54, 1.807) is 0 Å². The van der Waals surface area contributed by atoms with Crippen molar-refractivity contribution in [2.24, 2.45) is 0 Å². The summed E-state index contributed by atoms with van der Waals surface area (Å²) in [6, 6.07) is 0. The molecule has 0 aliphatic heterocycles. The number of alkyl halides is 7. The van der Waals surface area contributed by atoms with Gasteiger partial charge in [-0.05, 0) is 11.6 Å². The lowest BCUT2D eigenvalue weighted by Crippen LogP contribution is -2.23. The Bertz CT molecular complexity index is 528. The van der Waals surface area contributed by atoms with E-state index in [0.717, 1.165) is 0 Å². The third-order valence-corrected chi connectivity index (χ3v) is 2.41. The third kappa shape index (κ3) is 3.89. The fourth-order valence-corrected chi connectivity index (χ4v) is 1.63. The summed E-state index contributed by atoms with van der Waals surface area (Å²) in [4.78, 5) is 14.0. The van der Waals surface area contributed by atoms with Crippen LogP contribution in [0.1, 0.15) is 21.6 Å². The van der Waals surface area contributed by atoms with Crippen molar-refractivity contribution in [3.63, 3.8) is 0 Å². The van der Waals surface area contributed by atoms with Gasteiger partial charge in [-0.3, -0.25) is 4.79 Å². The van der Waals surface area contributed by atoms with Crippen LogP contribution >= 0.6 is 23.2 Å². The van der Waals surface area contributed by atoms with Gasteiger partial charge in [-0.1, -0.05) is 0 Å². The third-order valence-electron chi connectivity index (χ3n) is 1.94. The molecule has 1 rings (SSSR count). The van der Waals surface area contributed by atoms with Gasteiger partial charge in [0.05, 0.1) is 0 Å². The van der Waals surface area contributed by atoms with Gasteiger partial charge in [-0.15, -0.1) is 24.8 Å². The number of rotatable bonds is 3. The van der Waals surface area contributed by atoms with Crippen molar-refractivity contribution in [2.45, 2.75) is 18.4 Å². The fourth-order valence-electron chi connectivity index (χ4n) is 1.30. The maximum Gasteiger partial charge on any atom is 0.573 e. The molecule has 112 valence electrons. The van der Waals surface area contributed by atoms with Crippen molar-refractivity contribution in [3.05, 3.63) is 23.0 Å². The van der Waals surface area contributed by atoms with Crippen LogP contribution in [0.25, 0.3) is 0 Å². The standard InChI is InChI=1S/C9H3Cl2F6NO2/c10-1-3-2-18-5(7(11)19)6(20-9(15,16)17)4(3)8(12,13)14/h2H,1H2. The molecule has 0 spiro atoms. The second-order valence-electron chi connectivity index (χ2n) is 3.29. The molecule has 0 atom stereocenters. The van der Waals surface area contributed by atoms with Crippen LogP contribution in [0.15, 0.2) is 6.20 Å². The van der Waals surface area contributed by atoms with Gasteiger partial charge in [-0.25, -0.2) is 4.98 Å². The molecule has 0 fully saturated rings. The highest BCUT2D eigenvalue weighted by Crippen LogP contribution is 2.42. The van der Waals surface area contributed by atoms with Gasteiger partial charge in [0.2, 0.25) is 0 Å². The highest BCUT2D eigenvalue weighted by atomic mass is 35.5. The quantitative estimate of drug-likeness (QED) is 0.471. The minimum atomic E-state index is -5.46. The molecule has 0 aliphatic rings. The molecule has 0 radical (unpaired) electrons. The van der Waals surface area contributed by atoms with E-state index in [2.05, 4.69) is 9.72 Å². The zero-order valence-corrected chi connectivity index (χ0v) is 10.6. The van der Waals surface area contributed by atoms with Gasteiger partial charge in [0.15, 0.2) is 11.4 Å². The van der Waals surface area contributed by atoms with Crippen LogP contribution in [-0.4, -0.2) is 16.6 Å². The minimum absolute atomic E-state index is 0.509. The average Bonchev–Trinajstić information content (AvgIpc) is 2.23. The van der Waals surface area contributed by atoms with Crippen LogP contribution in [-0.2, 0) is 12.1 Å². The first-order valence-corrected chi connectivity index (χ1v) is 5.49. The number of carbonyl (C=O) groups excluding carboxylic acids is 1. The molecule has 3 nitrogen and oxygen atoms in total. The number of carbonyl (C=O) groups is 1. The van der Waals surface area contributed by atoms with Crippen molar-refractivity contribution in [1.29, 1.82) is 0 Å². The molecular weight excluding hydrogens is 339 g/mol. The van der Waals surface area contributed by atoms with Crippen LogP contribution in [0, 0.1) is 0 Å². The predicted molar refractivity (Wildman–Crippen MR) is 55.7 cm³/mol. The van der Waals surface area contributed by atoms with E-state index in [-0.39, 0.29) is 0 Å². The molecule has 0 unspecified atom stereocenters. The second-order valence-corrected chi connectivity index (χ2v) is 3.90. The molecule has 1 aromatic heterocycles. The van der Waals surface area contributed by atoms with Crippen LogP contribution in [0.3, 0.4) is 0 Å². The van der Waals surface area contributed by atoms with E-state index in [4.69, 9.17) is 23.2 Å². The lowest BCUT2D eigenvalue weighted by Gasteiger charge is -2.19. The summed E-state index contributed by atoms with van der Waals surface area (Å²) in [6.45, 7) is 0.